The van der Waals surface area contributed by atoms with Crippen molar-refractivity contribution >= 4 is 26.8 Å². The van der Waals surface area contributed by atoms with Gasteiger partial charge in [-0.25, -0.2) is 17.8 Å². The van der Waals surface area contributed by atoms with Crippen LogP contribution in [-0.4, -0.2) is 53.6 Å². The Balaban J connectivity index is 1.52. The molecule has 1 aromatic carbocycles. The van der Waals surface area contributed by atoms with Gasteiger partial charge in [-0.05, 0) is 30.7 Å². The third-order valence-electron chi connectivity index (χ3n) is 4.29. The highest BCUT2D eigenvalue weighted by Crippen LogP contribution is 2.32. The van der Waals surface area contributed by atoms with Crippen LogP contribution in [0.2, 0.25) is 0 Å². The van der Waals surface area contributed by atoms with Crippen LogP contribution in [0.5, 0.6) is 5.88 Å². The van der Waals surface area contributed by atoms with Gasteiger partial charge in [-0.1, -0.05) is 5.16 Å². The number of halogens is 1. The number of aromatic nitrogens is 3. The lowest BCUT2D eigenvalue weighted by Gasteiger charge is -2.11. The maximum Gasteiger partial charge on any atom is 0.265 e. The highest BCUT2D eigenvalue weighted by Gasteiger charge is 2.29. The normalized spacial score (nSPS) is 18.2. The Hall–Kier alpha value is -3.08. The minimum Gasteiger partial charge on any atom is -0.467 e. The Morgan fingerprint density at radius 3 is 2.79 bits per heavy atom. The summed E-state index contributed by atoms with van der Waals surface area (Å²) in [5.74, 6) is -0.785. The van der Waals surface area contributed by atoms with E-state index in [-0.39, 0.29) is 29.7 Å². The summed E-state index contributed by atoms with van der Waals surface area (Å²) in [6.07, 6.45) is 1.59. The first-order valence-corrected chi connectivity index (χ1v) is 10.2. The Morgan fingerprint density at radius 1 is 1.29 bits per heavy atom. The molecule has 1 amide bonds. The summed E-state index contributed by atoms with van der Waals surface area (Å²) < 4.78 is 46.8. The third-order valence-corrected chi connectivity index (χ3v) is 6.06. The SMILES string of the molecule is O=C(COc1ncnc2onc(-c3ccc(F)cc3)c12)NC1CCS(=O)(=O)C1. The fourth-order valence-corrected chi connectivity index (χ4v) is 4.66. The van der Waals surface area contributed by atoms with E-state index in [2.05, 4.69) is 20.4 Å². The summed E-state index contributed by atoms with van der Waals surface area (Å²) in [7, 11) is -3.09. The highest BCUT2D eigenvalue weighted by atomic mass is 32.2. The van der Waals surface area contributed by atoms with Crippen LogP contribution in [0.3, 0.4) is 0 Å². The van der Waals surface area contributed by atoms with Crippen molar-refractivity contribution in [1.82, 2.24) is 20.4 Å². The molecule has 1 unspecified atom stereocenters. The molecule has 1 atom stereocenters. The van der Waals surface area contributed by atoms with Gasteiger partial charge in [0.2, 0.25) is 5.88 Å². The first-order chi connectivity index (χ1) is 13.4. The van der Waals surface area contributed by atoms with E-state index in [1.54, 1.807) is 0 Å². The molecule has 28 heavy (non-hydrogen) atoms. The maximum absolute atomic E-state index is 13.2. The Bertz CT molecular complexity index is 1130. The number of amides is 1. The quantitative estimate of drug-likeness (QED) is 0.668. The molecule has 4 rings (SSSR count). The molecule has 1 saturated heterocycles. The van der Waals surface area contributed by atoms with Gasteiger partial charge < -0.3 is 14.6 Å². The molecule has 1 fully saturated rings. The Morgan fingerprint density at radius 2 is 2.07 bits per heavy atom. The highest BCUT2D eigenvalue weighted by molar-refractivity contribution is 7.91. The van der Waals surface area contributed by atoms with Crippen LogP contribution in [0.15, 0.2) is 35.1 Å². The zero-order valence-corrected chi connectivity index (χ0v) is 15.3. The minimum absolute atomic E-state index is 0.0626. The average molecular weight is 406 g/mol. The van der Waals surface area contributed by atoms with Crippen LogP contribution in [0, 0.1) is 5.82 Å². The molecular formula is C17H15FN4O5S. The van der Waals surface area contributed by atoms with E-state index in [9.17, 15) is 17.6 Å². The number of nitrogens with zero attached hydrogens (tertiary/aromatic N) is 3. The number of rotatable bonds is 5. The van der Waals surface area contributed by atoms with Crippen LogP contribution < -0.4 is 10.1 Å². The molecule has 1 aliphatic heterocycles. The third kappa shape index (κ3) is 3.79. The van der Waals surface area contributed by atoms with Gasteiger partial charge >= 0.3 is 0 Å². The predicted octanol–water partition coefficient (Wildman–Crippen LogP) is 1.11. The van der Waals surface area contributed by atoms with Crippen LogP contribution in [0.25, 0.3) is 22.4 Å². The second kappa shape index (κ2) is 7.15. The number of hydrogen-bond donors (Lipinski definition) is 1. The standard InChI is InChI=1S/C17H15FN4O5S/c18-11-3-1-10(2-4-11)15-14-16(19-9-20-17(14)27-22-15)26-7-13(23)21-12-5-6-28(24,25)8-12/h1-4,9,12H,5-8H2,(H,21,23). The number of hydrogen-bond acceptors (Lipinski definition) is 8. The van der Waals surface area contributed by atoms with Crippen molar-refractivity contribution in [2.75, 3.05) is 18.1 Å². The molecule has 1 N–H and O–H groups in total. The van der Waals surface area contributed by atoms with Gasteiger partial charge in [0.05, 0.1) is 11.5 Å². The average Bonchev–Trinajstić information content (AvgIpc) is 3.24. The summed E-state index contributed by atoms with van der Waals surface area (Å²) in [4.78, 5) is 20.1. The van der Waals surface area contributed by atoms with Crippen molar-refractivity contribution in [2.45, 2.75) is 12.5 Å². The molecule has 3 heterocycles. The largest absolute Gasteiger partial charge is 0.467 e. The van der Waals surface area contributed by atoms with E-state index >= 15 is 0 Å². The molecule has 2 aromatic heterocycles. The van der Waals surface area contributed by atoms with Crippen molar-refractivity contribution in [3.05, 3.63) is 36.4 Å². The van der Waals surface area contributed by atoms with Crippen LogP contribution >= 0.6 is 0 Å². The molecule has 3 aromatic rings. The number of nitrogens with one attached hydrogen (secondary N) is 1. The Labute approximate surface area is 158 Å². The van der Waals surface area contributed by atoms with E-state index in [1.807, 2.05) is 0 Å². The van der Waals surface area contributed by atoms with Crippen LogP contribution in [-0.2, 0) is 14.6 Å². The van der Waals surface area contributed by atoms with Gasteiger partial charge in [0, 0.05) is 11.6 Å². The molecule has 1 aliphatic rings. The second-order valence-electron chi connectivity index (χ2n) is 6.35. The van der Waals surface area contributed by atoms with Crippen molar-refractivity contribution in [2.24, 2.45) is 0 Å². The molecule has 9 nitrogen and oxygen atoms in total. The molecule has 0 spiro atoms. The first kappa shape index (κ1) is 18.3. The molecule has 0 bridgehead atoms. The lowest BCUT2D eigenvalue weighted by Crippen LogP contribution is -2.38. The zero-order chi connectivity index (χ0) is 19.7. The number of benzene rings is 1. The van der Waals surface area contributed by atoms with Crippen molar-refractivity contribution in [1.29, 1.82) is 0 Å². The maximum atomic E-state index is 13.2. The summed E-state index contributed by atoms with van der Waals surface area (Å²) >= 11 is 0. The van der Waals surface area contributed by atoms with Crippen molar-refractivity contribution in [3.8, 4) is 17.1 Å². The monoisotopic (exact) mass is 406 g/mol. The molecule has 146 valence electrons. The minimum atomic E-state index is -3.09. The van der Waals surface area contributed by atoms with Crippen molar-refractivity contribution in [3.63, 3.8) is 0 Å². The van der Waals surface area contributed by atoms with Gasteiger partial charge in [-0.3, -0.25) is 4.79 Å². The lowest BCUT2D eigenvalue weighted by molar-refractivity contribution is -0.123. The lowest BCUT2D eigenvalue weighted by atomic mass is 10.1. The van der Waals surface area contributed by atoms with E-state index in [4.69, 9.17) is 9.26 Å². The number of carbonyl (C=O) groups excluding carboxylic acids is 1. The van der Waals surface area contributed by atoms with E-state index in [1.165, 1.54) is 30.6 Å². The van der Waals surface area contributed by atoms with Gasteiger partial charge in [0.25, 0.3) is 11.6 Å². The van der Waals surface area contributed by atoms with Crippen LogP contribution in [0.1, 0.15) is 6.42 Å². The topological polar surface area (TPSA) is 124 Å². The Kier molecular flexibility index (Phi) is 4.67. The van der Waals surface area contributed by atoms with E-state index < -0.39 is 27.6 Å². The van der Waals surface area contributed by atoms with Gasteiger partial charge in [-0.15, -0.1) is 0 Å². The molecule has 0 radical (unpaired) electrons. The smallest absolute Gasteiger partial charge is 0.265 e. The van der Waals surface area contributed by atoms with E-state index in [0.29, 0.717) is 23.1 Å². The summed E-state index contributed by atoms with van der Waals surface area (Å²) in [6, 6.07) is 5.19. The van der Waals surface area contributed by atoms with Gasteiger partial charge in [0.1, 0.15) is 23.2 Å². The predicted molar refractivity (Wildman–Crippen MR) is 95.7 cm³/mol. The first-order valence-electron chi connectivity index (χ1n) is 8.40. The molecule has 0 saturated carbocycles. The summed E-state index contributed by atoms with van der Waals surface area (Å²) in [5, 5.41) is 6.92. The van der Waals surface area contributed by atoms with E-state index in [0.717, 1.165) is 0 Å². The molecule has 0 aliphatic carbocycles. The molecular weight excluding hydrogens is 391 g/mol. The van der Waals surface area contributed by atoms with Gasteiger partial charge in [0.15, 0.2) is 16.4 Å². The summed E-state index contributed by atoms with van der Waals surface area (Å²) in [6.45, 7) is -0.364. The summed E-state index contributed by atoms with van der Waals surface area (Å²) in [5.41, 5.74) is 1.08. The second-order valence-corrected chi connectivity index (χ2v) is 8.58. The van der Waals surface area contributed by atoms with Gasteiger partial charge in [-0.2, -0.15) is 4.98 Å². The number of ether oxygens (including phenoxy) is 1. The molecule has 11 heteroatoms. The van der Waals surface area contributed by atoms with Crippen LogP contribution in [0.4, 0.5) is 4.39 Å². The zero-order valence-electron chi connectivity index (χ0n) is 14.5. The fraction of sp³-hybridized carbons (Fsp3) is 0.294. The fourth-order valence-electron chi connectivity index (χ4n) is 2.99. The number of sulfone groups is 1. The number of fused-ring (bicyclic) bond motifs is 1. The van der Waals surface area contributed by atoms with Crippen molar-refractivity contribution < 1.29 is 26.9 Å². The number of carbonyl (C=O) groups is 1.